The van der Waals surface area contributed by atoms with Crippen LogP contribution >= 0.6 is 22.9 Å². The van der Waals surface area contributed by atoms with E-state index in [1.807, 2.05) is 19.1 Å². The number of rotatable bonds is 8. The Kier molecular flexibility index (Phi) is 7.14. The van der Waals surface area contributed by atoms with Crippen molar-refractivity contribution >= 4 is 34.8 Å². The van der Waals surface area contributed by atoms with Gasteiger partial charge in [-0.3, -0.25) is 4.79 Å². The van der Waals surface area contributed by atoms with Crippen LogP contribution in [0, 0.1) is 6.92 Å². The number of hydrogen-bond donors (Lipinski definition) is 2. The molecule has 6 nitrogen and oxygen atoms in total. The van der Waals surface area contributed by atoms with Gasteiger partial charge in [0.1, 0.15) is 10.7 Å². The second kappa shape index (κ2) is 9.12. The van der Waals surface area contributed by atoms with Crippen molar-refractivity contribution < 1.29 is 19.4 Å². The summed E-state index contributed by atoms with van der Waals surface area (Å²) in [6.07, 6.45) is -0.960. The zero-order valence-electron chi connectivity index (χ0n) is 14.8. The first kappa shape index (κ1) is 20.4. The van der Waals surface area contributed by atoms with Crippen LogP contribution in [-0.2, 0) is 9.53 Å². The van der Waals surface area contributed by atoms with E-state index in [-0.39, 0.29) is 25.0 Å². The summed E-state index contributed by atoms with van der Waals surface area (Å²) in [5, 5.41) is 13.2. The molecule has 0 fully saturated rings. The molecule has 1 heterocycles. The topological polar surface area (TPSA) is 88.5 Å². The quantitative estimate of drug-likeness (QED) is 0.709. The lowest BCUT2D eigenvalue weighted by Gasteiger charge is -2.16. The largest absolute Gasteiger partial charge is 0.479 e. The summed E-state index contributed by atoms with van der Waals surface area (Å²) in [6, 6.07) is 7.24. The van der Waals surface area contributed by atoms with Gasteiger partial charge in [0, 0.05) is 28.4 Å². The number of aromatic nitrogens is 1. The molecule has 2 rings (SSSR count). The molecule has 140 valence electrons. The van der Waals surface area contributed by atoms with Gasteiger partial charge >= 0.3 is 5.97 Å². The Morgan fingerprint density at radius 2 is 1.96 bits per heavy atom. The SMILES string of the molecule is Cc1sc(-c2ccc(Cl)cc2)nc1C(=O)NCCC(OC(C)C)C(=O)O. The zero-order valence-corrected chi connectivity index (χ0v) is 16.4. The summed E-state index contributed by atoms with van der Waals surface area (Å²) in [5.41, 5.74) is 1.23. The van der Waals surface area contributed by atoms with Crippen molar-refractivity contribution in [2.45, 2.75) is 39.4 Å². The number of carboxylic acids is 1. The maximum absolute atomic E-state index is 12.4. The standard InChI is InChI=1S/C18H21ClN2O4S/c1-10(2)25-14(18(23)24)8-9-20-16(22)15-11(3)26-17(21-15)12-4-6-13(19)7-5-12/h4-7,10,14H,8-9H2,1-3H3,(H,20,22)(H,23,24). The highest BCUT2D eigenvalue weighted by Crippen LogP contribution is 2.28. The molecule has 1 atom stereocenters. The van der Waals surface area contributed by atoms with Crippen molar-refractivity contribution in [2.24, 2.45) is 0 Å². The van der Waals surface area contributed by atoms with Gasteiger partial charge in [0.05, 0.1) is 6.10 Å². The highest BCUT2D eigenvalue weighted by atomic mass is 35.5. The van der Waals surface area contributed by atoms with Crippen LogP contribution in [0.1, 0.15) is 35.6 Å². The summed E-state index contributed by atoms with van der Waals surface area (Å²) in [5.74, 6) is -1.37. The Morgan fingerprint density at radius 1 is 1.31 bits per heavy atom. The number of nitrogens with one attached hydrogen (secondary N) is 1. The molecule has 0 aliphatic rings. The third kappa shape index (κ3) is 5.52. The van der Waals surface area contributed by atoms with Crippen LogP contribution in [0.5, 0.6) is 0 Å². The number of aryl methyl sites for hydroxylation is 1. The van der Waals surface area contributed by atoms with Crippen LogP contribution in [0.3, 0.4) is 0 Å². The average Bonchev–Trinajstić information content (AvgIpc) is 2.96. The number of halogens is 1. The molecule has 0 saturated heterocycles. The van der Waals surface area contributed by atoms with Crippen molar-refractivity contribution in [2.75, 3.05) is 6.54 Å². The van der Waals surface area contributed by atoms with Gasteiger partial charge in [-0.15, -0.1) is 11.3 Å². The number of hydrogen-bond acceptors (Lipinski definition) is 5. The van der Waals surface area contributed by atoms with Crippen molar-refractivity contribution in [1.82, 2.24) is 10.3 Å². The Balaban J connectivity index is 1.99. The van der Waals surface area contributed by atoms with Gasteiger partial charge in [0.2, 0.25) is 0 Å². The second-order valence-corrected chi connectivity index (χ2v) is 7.63. The molecule has 1 aromatic carbocycles. The van der Waals surface area contributed by atoms with Gasteiger partial charge < -0.3 is 15.2 Å². The number of amides is 1. The highest BCUT2D eigenvalue weighted by molar-refractivity contribution is 7.15. The zero-order chi connectivity index (χ0) is 19.3. The third-order valence-electron chi connectivity index (χ3n) is 3.51. The Bertz CT molecular complexity index is 774. The van der Waals surface area contributed by atoms with E-state index >= 15 is 0 Å². The van der Waals surface area contributed by atoms with Crippen LogP contribution in [0.25, 0.3) is 10.6 Å². The molecule has 0 aliphatic heterocycles. The second-order valence-electron chi connectivity index (χ2n) is 5.99. The first-order valence-corrected chi connectivity index (χ1v) is 9.37. The number of carbonyl (C=O) groups excluding carboxylic acids is 1. The number of benzene rings is 1. The molecule has 26 heavy (non-hydrogen) atoms. The Hall–Kier alpha value is -1.96. The van der Waals surface area contributed by atoms with E-state index in [0.29, 0.717) is 10.7 Å². The van der Waals surface area contributed by atoms with E-state index in [9.17, 15) is 9.59 Å². The molecule has 0 saturated carbocycles. The fourth-order valence-corrected chi connectivity index (χ4v) is 3.34. The molecule has 1 amide bonds. The molecular weight excluding hydrogens is 376 g/mol. The molecule has 0 aliphatic carbocycles. The van der Waals surface area contributed by atoms with E-state index in [1.165, 1.54) is 11.3 Å². The van der Waals surface area contributed by atoms with Gasteiger partial charge in [-0.25, -0.2) is 9.78 Å². The molecule has 1 unspecified atom stereocenters. The molecule has 0 bridgehead atoms. The summed E-state index contributed by atoms with van der Waals surface area (Å²) < 4.78 is 5.32. The lowest BCUT2D eigenvalue weighted by molar-refractivity contribution is -0.153. The monoisotopic (exact) mass is 396 g/mol. The minimum atomic E-state index is -1.04. The van der Waals surface area contributed by atoms with E-state index < -0.39 is 12.1 Å². The first-order valence-electron chi connectivity index (χ1n) is 8.17. The van der Waals surface area contributed by atoms with E-state index in [0.717, 1.165) is 15.4 Å². The summed E-state index contributed by atoms with van der Waals surface area (Å²) in [6.45, 7) is 5.56. The molecule has 1 aromatic heterocycles. The summed E-state index contributed by atoms with van der Waals surface area (Å²) in [4.78, 5) is 28.7. The Morgan fingerprint density at radius 3 is 2.54 bits per heavy atom. The fraction of sp³-hybridized carbons (Fsp3) is 0.389. The lowest BCUT2D eigenvalue weighted by Crippen LogP contribution is -2.33. The van der Waals surface area contributed by atoms with E-state index in [1.54, 1.807) is 26.0 Å². The van der Waals surface area contributed by atoms with Crippen LogP contribution in [0.2, 0.25) is 5.02 Å². The van der Waals surface area contributed by atoms with Crippen molar-refractivity contribution in [1.29, 1.82) is 0 Å². The average molecular weight is 397 g/mol. The van der Waals surface area contributed by atoms with Gasteiger partial charge in [0.25, 0.3) is 5.91 Å². The Labute approximate surface area is 161 Å². The van der Waals surface area contributed by atoms with E-state index in [4.69, 9.17) is 21.4 Å². The molecule has 2 aromatic rings. The number of carboxylic acid groups (broad SMARTS) is 1. The molecule has 0 radical (unpaired) electrons. The summed E-state index contributed by atoms with van der Waals surface area (Å²) >= 11 is 7.31. The molecule has 0 spiro atoms. The number of nitrogens with zero attached hydrogens (tertiary/aromatic N) is 1. The van der Waals surface area contributed by atoms with Crippen molar-refractivity contribution in [3.05, 3.63) is 39.9 Å². The number of thiazole rings is 1. The maximum Gasteiger partial charge on any atom is 0.332 e. The number of carbonyl (C=O) groups is 2. The van der Waals surface area contributed by atoms with Crippen LogP contribution < -0.4 is 5.32 Å². The van der Waals surface area contributed by atoms with Gasteiger partial charge in [-0.2, -0.15) is 0 Å². The minimum Gasteiger partial charge on any atom is -0.479 e. The van der Waals surface area contributed by atoms with Gasteiger partial charge in [0.15, 0.2) is 6.10 Å². The van der Waals surface area contributed by atoms with Crippen LogP contribution in [-0.4, -0.2) is 40.7 Å². The number of aliphatic carboxylic acids is 1. The smallest absolute Gasteiger partial charge is 0.332 e. The fourth-order valence-electron chi connectivity index (χ4n) is 2.30. The minimum absolute atomic E-state index is 0.187. The predicted octanol–water partition coefficient (Wildman–Crippen LogP) is 3.77. The van der Waals surface area contributed by atoms with Crippen LogP contribution in [0.4, 0.5) is 0 Å². The normalized spacial score (nSPS) is 12.2. The van der Waals surface area contributed by atoms with E-state index in [2.05, 4.69) is 10.3 Å². The first-order chi connectivity index (χ1) is 12.3. The van der Waals surface area contributed by atoms with Gasteiger partial charge in [-0.1, -0.05) is 23.7 Å². The molecular formula is C18H21ClN2O4S. The molecule has 2 N–H and O–H groups in total. The van der Waals surface area contributed by atoms with Crippen molar-refractivity contribution in [3.8, 4) is 10.6 Å². The maximum atomic E-state index is 12.4. The highest BCUT2D eigenvalue weighted by Gasteiger charge is 2.21. The predicted molar refractivity (Wildman–Crippen MR) is 102 cm³/mol. The van der Waals surface area contributed by atoms with Crippen molar-refractivity contribution in [3.63, 3.8) is 0 Å². The lowest BCUT2D eigenvalue weighted by atomic mass is 10.2. The number of ether oxygens (including phenoxy) is 1. The third-order valence-corrected chi connectivity index (χ3v) is 4.78. The summed E-state index contributed by atoms with van der Waals surface area (Å²) in [7, 11) is 0. The van der Waals surface area contributed by atoms with Gasteiger partial charge in [-0.05, 0) is 32.9 Å². The van der Waals surface area contributed by atoms with Crippen LogP contribution in [0.15, 0.2) is 24.3 Å². The molecule has 8 heteroatoms.